The van der Waals surface area contributed by atoms with Crippen LogP contribution in [0.5, 0.6) is 0 Å². The van der Waals surface area contributed by atoms with E-state index in [1.807, 2.05) is 25.1 Å². The van der Waals surface area contributed by atoms with Crippen LogP contribution in [0.4, 0.5) is 5.82 Å². The number of nitrogens with one attached hydrogen (secondary N) is 2. The van der Waals surface area contributed by atoms with Gasteiger partial charge < -0.3 is 10.2 Å². The summed E-state index contributed by atoms with van der Waals surface area (Å²) < 4.78 is 0. The summed E-state index contributed by atoms with van der Waals surface area (Å²) in [7, 11) is 1.67. The fourth-order valence-electron chi connectivity index (χ4n) is 3.01. The van der Waals surface area contributed by atoms with Crippen molar-refractivity contribution >= 4 is 29.2 Å². The minimum atomic E-state index is -0.463. The Morgan fingerprint density at radius 3 is 3.00 bits per heavy atom. The number of hydrogen-bond acceptors (Lipinski definition) is 3. The zero-order valence-corrected chi connectivity index (χ0v) is 14.4. The molecule has 0 saturated carbocycles. The molecule has 6 nitrogen and oxygen atoms in total. The van der Waals surface area contributed by atoms with Gasteiger partial charge in [-0.2, -0.15) is 5.10 Å². The number of nitrogens with zero attached hydrogens (tertiary/aromatic N) is 2. The SMILES string of the molecule is Cc1[nH]nc(NC(=O)C2CCCC(=O)N2C)c1-c1cccc(Cl)c1. The van der Waals surface area contributed by atoms with Crippen LogP contribution in [0.1, 0.15) is 25.0 Å². The van der Waals surface area contributed by atoms with Crippen molar-refractivity contribution in [2.45, 2.75) is 32.2 Å². The van der Waals surface area contributed by atoms with E-state index in [0.29, 0.717) is 23.7 Å². The predicted molar refractivity (Wildman–Crippen MR) is 92.8 cm³/mol. The van der Waals surface area contributed by atoms with Gasteiger partial charge in [0, 0.05) is 29.7 Å². The van der Waals surface area contributed by atoms with Crippen LogP contribution in [-0.4, -0.2) is 40.0 Å². The summed E-state index contributed by atoms with van der Waals surface area (Å²) >= 11 is 6.07. The molecule has 1 fully saturated rings. The summed E-state index contributed by atoms with van der Waals surface area (Å²) in [6, 6.07) is 6.92. The smallest absolute Gasteiger partial charge is 0.248 e. The third-order valence-electron chi connectivity index (χ3n) is 4.33. The Kier molecular flexibility index (Phi) is 4.57. The molecule has 7 heteroatoms. The van der Waals surface area contributed by atoms with Gasteiger partial charge in [-0.05, 0) is 37.5 Å². The molecule has 1 aromatic heterocycles. The number of aromatic amines is 1. The summed E-state index contributed by atoms with van der Waals surface area (Å²) in [4.78, 5) is 25.9. The maximum absolute atomic E-state index is 12.6. The van der Waals surface area contributed by atoms with E-state index >= 15 is 0 Å². The molecule has 2 aromatic rings. The second kappa shape index (κ2) is 6.65. The van der Waals surface area contributed by atoms with Crippen LogP contribution in [0.15, 0.2) is 24.3 Å². The first-order valence-electron chi connectivity index (χ1n) is 7.85. The highest BCUT2D eigenvalue weighted by molar-refractivity contribution is 6.30. The Balaban J connectivity index is 1.86. The lowest BCUT2D eigenvalue weighted by molar-refractivity contribution is -0.140. The molecule has 1 saturated heterocycles. The average Bonchev–Trinajstić information content (AvgIpc) is 2.90. The van der Waals surface area contributed by atoms with Crippen LogP contribution in [0, 0.1) is 6.92 Å². The molecule has 0 bridgehead atoms. The third kappa shape index (κ3) is 3.14. The van der Waals surface area contributed by atoms with Crippen LogP contribution < -0.4 is 5.32 Å². The van der Waals surface area contributed by atoms with E-state index in [-0.39, 0.29) is 11.8 Å². The molecule has 0 radical (unpaired) electrons. The number of rotatable bonds is 3. The molecular formula is C17H19ClN4O2. The summed E-state index contributed by atoms with van der Waals surface area (Å²) in [5, 5.41) is 10.6. The number of aromatic nitrogens is 2. The first-order valence-corrected chi connectivity index (χ1v) is 8.22. The number of anilines is 1. The van der Waals surface area contributed by atoms with Crippen LogP contribution >= 0.6 is 11.6 Å². The average molecular weight is 347 g/mol. The van der Waals surface area contributed by atoms with Gasteiger partial charge in [0.1, 0.15) is 6.04 Å². The highest BCUT2D eigenvalue weighted by Gasteiger charge is 2.31. The third-order valence-corrected chi connectivity index (χ3v) is 4.57. The van der Waals surface area contributed by atoms with Gasteiger partial charge in [0.15, 0.2) is 5.82 Å². The minimum Gasteiger partial charge on any atom is -0.334 e. The number of amides is 2. The Labute approximate surface area is 145 Å². The van der Waals surface area contributed by atoms with Crippen molar-refractivity contribution in [3.05, 3.63) is 35.0 Å². The first-order chi connectivity index (χ1) is 11.5. The van der Waals surface area contributed by atoms with Gasteiger partial charge in [-0.25, -0.2) is 0 Å². The normalized spacial score (nSPS) is 17.9. The molecule has 1 aliphatic heterocycles. The number of carbonyl (C=O) groups excluding carboxylic acids is 2. The van der Waals surface area contributed by atoms with Crippen molar-refractivity contribution in [3.63, 3.8) is 0 Å². The van der Waals surface area contributed by atoms with Crippen molar-refractivity contribution in [2.24, 2.45) is 0 Å². The van der Waals surface area contributed by atoms with Crippen molar-refractivity contribution in [1.29, 1.82) is 0 Å². The van der Waals surface area contributed by atoms with Gasteiger partial charge in [0.25, 0.3) is 0 Å². The standard InChI is InChI=1S/C17H19ClN4O2/c1-10-15(11-5-3-6-12(18)9-11)16(21-20-10)19-17(24)13-7-4-8-14(23)22(13)2/h3,5-6,9,13H,4,7-8H2,1-2H3,(H2,19,20,21,24). The fraction of sp³-hybridized carbons (Fsp3) is 0.353. The molecule has 1 unspecified atom stereocenters. The maximum Gasteiger partial charge on any atom is 0.248 e. The largest absolute Gasteiger partial charge is 0.334 e. The Bertz CT molecular complexity index is 787. The van der Waals surface area contributed by atoms with E-state index in [0.717, 1.165) is 23.2 Å². The number of hydrogen-bond donors (Lipinski definition) is 2. The van der Waals surface area contributed by atoms with E-state index < -0.39 is 6.04 Å². The monoisotopic (exact) mass is 346 g/mol. The number of benzene rings is 1. The van der Waals surface area contributed by atoms with Gasteiger partial charge in [-0.15, -0.1) is 0 Å². The second-order valence-corrected chi connectivity index (χ2v) is 6.42. The zero-order chi connectivity index (χ0) is 17.3. The Morgan fingerprint density at radius 2 is 2.25 bits per heavy atom. The first kappa shape index (κ1) is 16.5. The highest BCUT2D eigenvalue weighted by Crippen LogP contribution is 2.31. The Morgan fingerprint density at radius 1 is 1.46 bits per heavy atom. The number of piperidine rings is 1. The zero-order valence-electron chi connectivity index (χ0n) is 13.6. The predicted octanol–water partition coefficient (Wildman–Crippen LogP) is 2.99. The number of likely N-dealkylation sites (N-methyl/N-ethyl adjacent to an activating group) is 1. The second-order valence-electron chi connectivity index (χ2n) is 5.98. The molecule has 0 aliphatic carbocycles. The quantitative estimate of drug-likeness (QED) is 0.896. The lowest BCUT2D eigenvalue weighted by atomic mass is 10.0. The van der Waals surface area contributed by atoms with Crippen LogP contribution in [-0.2, 0) is 9.59 Å². The molecule has 0 spiro atoms. The number of carbonyl (C=O) groups is 2. The minimum absolute atomic E-state index is 0.00493. The van der Waals surface area contributed by atoms with Gasteiger partial charge in [0.2, 0.25) is 11.8 Å². The van der Waals surface area contributed by atoms with Crippen molar-refractivity contribution in [3.8, 4) is 11.1 Å². The molecule has 24 heavy (non-hydrogen) atoms. The summed E-state index contributed by atoms with van der Waals surface area (Å²) in [5.74, 6) is 0.223. The molecule has 2 heterocycles. The molecule has 1 atom stereocenters. The lowest BCUT2D eigenvalue weighted by Crippen LogP contribution is -2.47. The van der Waals surface area contributed by atoms with Gasteiger partial charge in [0.05, 0.1) is 0 Å². The van der Waals surface area contributed by atoms with Crippen LogP contribution in [0.3, 0.4) is 0 Å². The highest BCUT2D eigenvalue weighted by atomic mass is 35.5. The number of likely N-dealkylation sites (tertiary alicyclic amines) is 1. The Hall–Kier alpha value is -2.34. The van der Waals surface area contributed by atoms with Crippen LogP contribution in [0.25, 0.3) is 11.1 Å². The van der Waals surface area contributed by atoms with Gasteiger partial charge in [-0.1, -0.05) is 23.7 Å². The summed E-state index contributed by atoms with van der Waals surface area (Å²) in [5.41, 5.74) is 2.51. The topological polar surface area (TPSA) is 78.1 Å². The fourth-order valence-corrected chi connectivity index (χ4v) is 3.20. The van der Waals surface area contributed by atoms with E-state index in [2.05, 4.69) is 15.5 Å². The maximum atomic E-state index is 12.6. The summed E-state index contributed by atoms with van der Waals surface area (Å²) in [6.45, 7) is 1.88. The number of H-pyrrole nitrogens is 1. The number of aryl methyl sites for hydroxylation is 1. The van der Waals surface area contributed by atoms with Gasteiger partial charge >= 0.3 is 0 Å². The molecular weight excluding hydrogens is 328 g/mol. The van der Waals surface area contributed by atoms with E-state index in [1.165, 1.54) is 4.90 Å². The van der Waals surface area contributed by atoms with Crippen molar-refractivity contribution < 1.29 is 9.59 Å². The summed E-state index contributed by atoms with van der Waals surface area (Å²) in [6.07, 6.45) is 1.88. The lowest BCUT2D eigenvalue weighted by Gasteiger charge is -2.31. The molecule has 1 aromatic carbocycles. The molecule has 2 amide bonds. The van der Waals surface area contributed by atoms with Crippen molar-refractivity contribution in [2.75, 3.05) is 12.4 Å². The van der Waals surface area contributed by atoms with E-state index in [9.17, 15) is 9.59 Å². The van der Waals surface area contributed by atoms with Crippen LogP contribution in [0.2, 0.25) is 5.02 Å². The van der Waals surface area contributed by atoms with E-state index in [1.54, 1.807) is 13.1 Å². The molecule has 3 rings (SSSR count). The number of halogens is 1. The van der Waals surface area contributed by atoms with E-state index in [4.69, 9.17) is 11.6 Å². The molecule has 2 N–H and O–H groups in total. The molecule has 126 valence electrons. The van der Waals surface area contributed by atoms with Gasteiger partial charge in [-0.3, -0.25) is 14.7 Å². The molecule has 1 aliphatic rings. The van der Waals surface area contributed by atoms with Crippen molar-refractivity contribution in [1.82, 2.24) is 15.1 Å².